The molecule has 1 amide bonds. The molecule has 5 rings (SSSR count). The molecule has 0 spiro atoms. The van der Waals surface area contributed by atoms with E-state index in [0.29, 0.717) is 12.1 Å². The molecule has 6 heteroatoms. The van der Waals surface area contributed by atoms with Crippen LogP contribution in [0.1, 0.15) is 77.6 Å². The highest BCUT2D eigenvalue weighted by Gasteiger charge is 2.46. The lowest BCUT2D eigenvalue weighted by molar-refractivity contribution is -0.135. The molecule has 2 aliphatic carbocycles. The number of benzene rings is 1. The van der Waals surface area contributed by atoms with E-state index in [2.05, 4.69) is 10.2 Å². The summed E-state index contributed by atoms with van der Waals surface area (Å²) in [5.74, 6) is 1.01. The third-order valence-electron chi connectivity index (χ3n) is 8.83. The molecule has 4 aliphatic rings. The SMILES string of the molecule is CC(=O)N(c1ccccc1NCC(=O)O)C1C[C@H]2CCC[C@@H](C1)N2C1C[C@H]2CCC[C@@H](C1)C2. The molecule has 2 aliphatic heterocycles. The van der Waals surface area contributed by atoms with Crippen LogP contribution in [0.2, 0.25) is 0 Å². The fraction of sp³-hybridized carbons (Fsp3) is 0.704. The molecule has 1 aromatic carbocycles. The number of nitrogens with zero attached hydrogens (tertiary/aromatic N) is 2. The molecule has 0 aromatic heterocycles. The van der Waals surface area contributed by atoms with Gasteiger partial charge in [0.25, 0.3) is 0 Å². The van der Waals surface area contributed by atoms with Crippen LogP contribution < -0.4 is 10.2 Å². The number of fused-ring (bicyclic) bond motifs is 4. The van der Waals surface area contributed by atoms with E-state index in [0.717, 1.165) is 42.1 Å². The summed E-state index contributed by atoms with van der Waals surface area (Å²) < 4.78 is 0. The van der Waals surface area contributed by atoms with E-state index in [-0.39, 0.29) is 18.5 Å². The number of aliphatic carboxylic acids is 1. The van der Waals surface area contributed by atoms with E-state index < -0.39 is 5.97 Å². The first-order valence-corrected chi connectivity index (χ1v) is 13.1. The second-order valence-electron chi connectivity index (χ2n) is 11.0. The Balaban J connectivity index is 1.36. The van der Waals surface area contributed by atoms with Crippen molar-refractivity contribution in [2.24, 2.45) is 11.8 Å². The molecular formula is C27H39N3O3. The second kappa shape index (κ2) is 9.65. The molecule has 2 N–H and O–H groups in total. The topological polar surface area (TPSA) is 72.9 Å². The fourth-order valence-electron chi connectivity index (χ4n) is 7.76. The largest absolute Gasteiger partial charge is 0.480 e. The molecule has 6 atom stereocenters. The van der Waals surface area contributed by atoms with Crippen molar-refractivity contribution >= 4 is 23.3 Å². The van der Waals surface area contributed by atoms with Crippen molar-refractivity contribution < 1.29 is 14.7 Å². The number of hydrogen-bond acceptors (Lipinski definition) is 4. The zero-order chi connectivity index (χ0) is 22.9. The van der Waals surface area contributed by atoms with Crippen molar-refractivity contribution in [2.75, 3.05) is 16.8 Å². The summed E-state index contributed by atoms with van der Waals surface area (Å²) in [4.78, 5) is 28.9. The van der Waals surface area contributed by atoms with Gasteiger partial charge in [0.1, 0.15) is 6.54 Å². The van der Waals surface area contributed by atoms with Crippen LogP contribution in [0.25, 0.3) is 0 Å². The van der Waals surface area contributed by atoms with Gasteiger partial charge in [0.15, 0.2) is 0 Å². The maximum absolute atomic E-state index is 12.9. The maximum Gasteiger partial charge on any atom is 0.322 e. The van der Waals surface area contributed by atoms with E-state index >= 15 is 0 Å². The number of amides is 1. The number of rotatable bonds is 6. The Hall–Kier alpha value is -2.08. The van der Waals surface area contributed by atoms with Gasteiger partial charge in [-0.2, -0.15) is 0 Å². The van der Waals surface area contributed by atoms with Crippen molar-refractivity contribution in [2.45, 2.75) is 102 Å². The third-order valence-corrected chi connectivity index (χ3v) is 8.83. The van der Waals surface area contributed by atoms with Gasteiger partial charge in [0, 0.05) is 31.1 Å². The Bertz CT molecular complexity index is 848. The Morgan fingerprint density at radius 1 is 0.939 bits per heavy atom. The molecule has 1 aromatic rings. The van der Waals surface area contributed by atoms with E-state index in [1.54, 1.807) is 6.92 Å². The van der Waals surface area contributed by atoms with Gasteiger partial charge in [-0.3, -0.25) is 14.5 Å². The van der Waals surface area contributed by atoms with Crippen LogP contribution >= 0.6 is 0 Å². The van der Waals surface area contributed by atoms with Crippen molar-refractivity contribution in [3.05, 3.63) is 24.3 Å². The predicted octanol–water partition coefficient (Wildman–Crippen LogP) is 4.89. The van der Waals surface area contributed by atoms with Gasteiger partial charge in [-0.1, -0.05) is 37.8 Å². The summed E-state index contributed by atoms with van der Waals surface area (Å²) in [5.41, 5.74) is 1.54. The lowest BCUT2D eigenvalue weighted by Gasteiger charge is -2.56. The minimum atomic E-state index is -0.903. The number of anilines is 2. The van der Waals surface area contributed by atoms with Gasteiger partial charge < -0.3 is 15.3 Å². The first kappa shape index (κ1) is 22.7. The van der Waals surface area contributed by atoms with Gasteiger partial charge in [0.05, 0.1) is 11.4 Å². The summed E-state index contributed by atoms with van der Waals surface area (Å²) in [5, 5.41) is 12.2. The minimum absolute atomic E-state index is 0.0447. The van der Waals surface area contributed by atoms with Crippen LogP contribution in [-0.2, 0) is 9.59 Å². The standard InChI is InChI=1S/C27H39N3O3/c1-18(31)29(26-11-3-2-10-25(26)28-17-27(32)33)24-15-21-8-5-9-22(16-24)30(21)23-13-19-6-4-7-20(12-19)14-23/h2-3,10-11,19-24,28H,4-9,12-17H2,1H3,(H,32,33)/t19-,20+,21-,22+,23?,24?. The summed E-state index contributed by atoms with van der Waals surface area (Å²) in [6.07, 6.45) is 14.3. The van der Waals surface area contributed by atoms with Gasteiger partial charge in [-0.05, 0) is 68.9 Å². The Kier molecular flexibility index (Phi) is 6.64. The Morgan fingerprint density at radius 3 is 2.21 bits per heavy atom. The summed E-state index contributed by atoms with van der Waals surface area (Å²) in [7, 11) is 0. The lowest BCUT2D eigenvalue weighted by Crippen LogP contribution is -2.61. The average molecular weight is 454 g/mol. The molecular weight excluding hydrogens is 414 g/mol. The summed E-state index contributed by atoms with van der Waals surface area (Å²) in [6, 6.07) is 9.70. The lowest BCUT2D eigenvalue weighted by atomic mass is 9.68. The van der Waals surface area contributed by atoms with Crippen molar-refractivity contribution in [1.29, 1.82) is 0 Å². The minimum Gasteiger partial charge on any atom is -0.480 e. The van der Waals surface area contributed by atoms with Crippen LogP contribution in [-0.4, -0.2) is 52.6 Å². The molecule has 0 radical (unpaired) electrons. The highest BCUT2D eigenvalue weighted by Crippen LogP contribution is 2.47. The zero-order valence-corrected chi connectivity index (χ0v) is 19.9. The number of para-hydroxylation sites is 2. The number of carbonyl (C=O) groups is 2. The molecule has 2 saturated heterocycles. The summed E-state index contributed by atoms with van der Waals surface area (Å²) >= 11 is 0. The molecule has 180 valence electrons. The first-order chi connectivity index (χ1) is 16.0. The van der Waals surface area contributed by atoms with Crippen molar-refractivity contribution in [3.8, 4) is 0 Å². The zero-order valence-electron chi connectivity index (χ0n) is 19.9. The fourth-order valence-corrected chi connectivity index (χ4v) is 7.76. The molecule has 6 nitrogen and oxygen atoms in total. The van der Waals surface area contributed by atoms with Gasteiger partial charge in [-0.25, -0.2) is 0 Å². The van der Waals surface area contributed by atoms with Crippen LogP contribution in [0, 0.1) is 11.8 Å². The number of hydrogen-bond donors (Lipinski definition) is 2. The highest BCUT2D eigenvalue weighted by molar-refractivity contribution is 5.96. The molecule has 2 heterocycles. The van der Waals surface area contributed by atoms with E-state index in [9.17, 15) is 9.59 Å². The quantitative estimate of drug-likeness (QED) is 0.642. The molecule has 2 saturated carbocycles. The average Bonchev–Trinajstić information content (AvgIpc) is 2.77. The monoisotopic (exact) mass is 453 g/mol. The number of carboxylic acids is 1. The molecule has 33 heavy (non-hydrogen) atoms. The molecule has 4 bridgehead atoms. The van der Waals surface area contributed by atoms with Crippen molar-refractivity contribution in [3.63, 3.8) is 0 Å². The maximum atomic E-state index is 12.9. The smallest absolute Gasteiger partial charge is 0.322 e. The number of carboxylic acid groups (broad SMARTS) is 1. The normalized spacial score (nSPS) is 33.8. The Morgan fingerprint density at radius 2 is 1.58 bits per heavy atom. The van der Waals surface area contributed by atoms with Gasteiger partial charge >= 0.3 is 5.97 Å². The number of carbonyl (C=O) groups excluding carboxylic acids is 1. The summed E-state index contributed by atoms with van der Waals surface area (Å²) in [6.45, 7) is 1.49. The Labute approximate surface area is 197 Å². The predicted molar refractivity (Wildman–Crippen MR) is 130 cm³/mol. The van der Waals surface area contributed by atoms with E-state index in [1.165, 1.54) is 57.8 Å². The van der Waals surface area contributed by atoms with Crippen LogP contribution in [0.15, 0.2) is 24.3 Å². The van der Waals surface area contributed by atoms with Crippen molar-refractivity contribution in [1.82, 2.24) is 4.90 Å². The number of nitrogens with one attached hydrogen (secondary N) is 1. The second-order valence-corrected chi connectivity index (χ2v) is 11.0. The van der Waals surface area contributed by atoms with E-state index in [1.807, 2.05) is 29.2 Å². The van der Waals surface area contributed by atoms with Gasteiger partial charge in [0.2, 0.25) is 5.91 Å². The third kappa shape index (κ3) is 4.77. The number of piperidine rings is 2. The van der Waals surface area contributed by atoms with Crippen LogP contribution in [0.3, 0.4) is 0 Å². The first-order valence-electron chi connectivity index (χ1n) is 13.1. The molecule has 4 fully saturated rings. The van der Waals surface area contributed by atoms with E-state index in [4.69, 9.17) is 5.11 Å². The van der Waals surface area contributed by atoms with Crippen LogP contribution in [0.5, 0.6) is 0 Å². The highest BCUT2D eigenvalue weighted by atomic mass is 16.4. The molecule has 2 unspecified atom stereocenters. The van der Waals surface area contributed by atoms with Gasteiger partial charge in [-0.15, -0.1) is 0 Å². The van der Waals surface area contributed by atoms with Crippen LogP contribution in [0.4, 0.5) is 11.4 Å².